The SMILES string of the molecule is O=S1(=O)CCC(Cc2nnc(SCc3cccc(C(F)(F)F)c3)o2)C1. The van der Waals surface area contributed by atoms with E-state index in [2.05, 4.69) is 10.2 Å². The van der Waals surface area contributed by atoms with E-state index in [1.165, 1.54) is 6.07 Å². The van der Waals surface area contributed by atoms with Gasteiger partial charge in [0, 0.05) is 12.2 Å². The molecule has 0 amide bonds. The van der Waals surface area contributed by atoms with Crippen LogP contribution in [0.1, 0.15) is 23.4 Å². The van der Waals surface area contributed by atoms with Crippen molar-refractivity contribution in [2.75, 3.05) is 11.5 Å². The molecule has 1 fully saturated rings. The van der Waals surface area contributed by atoms with Gasteiger partial charge in [0.2, 0.25) is 5.89 Å². The summed E-state index contributed by atoms with van der Waals surface area (Å²) in [4.78, 5) is 0. The molecule has 1 saturated heterocycles. The molecular formula is C15H15F3N2O3S2. The van der Waals surface area contributed by atoms with Crippen molar-refractivity contribution in [3.63, 3.8) is 0 Å². The third-order valence-electron chi connectivity index (χ3n) is 3.85. The molecule has 1 unspecified atom stereocenters. The molecule has 0 radical (unpaired) electrons. The van der Waals surface area contributed by atoms with Gasteiger partial charge in [0.15, 0.2) is 9.84 Å². The molecule has 1 atom stereocenters. The second kappa shape index (κ2) is 6.99. The highest BCUT2D eigenvalue weighted by atomic mass is 32.2. The lowest BCUT2D eigenvalue weighted by Gasteiger charge is -2.07. The van der Waals surface area contributed by atoms with E-state index < -0.39 is 21.6 Å². The van der Waals surface area contributed by atoms with Crippen molar-refractivity contribution in [1.29, 1.82) is 0 Å². The Morgan fingerprint density at radius 3 is 2.76 bits per heavy atom. The number of benzene rings is 1. The maximum atomic E-state index is 12.7. The van der Waals surface area contributed by atoms with Gasteiger partial charge in [-0.3, -0.25) is 0 Å². The van der Waals surface area contributed by atoms with E-state index in [-0.39, 0.29) is 28.4 Å². The molecule has 1 aliphatic heterocycles. The maximum absolute atomic E-state index is 12.7. The Morgan fingerprint density at radius 2 is 2.08 bits per heavy atom. The van der Waals surface area contributed by atoms with Crippen LogP contribution in [-0.4, -0.2) is 30.1 Å². The third kappa shape index (κ3) is 4.97. The normalized spacial score (nSPS) is 20.0. The number of sulfone groups is 1. The summed E-state index contributed by atoms with van der Waals surface area (Å²) in [5, 5.41) is 8.00. The van der Waals surface area contributed by atoms with Crippen molar-refractivity contribution in [2.24, 2.45) is 5.92 Å². The highest BCUT2D eigenvalue weighted by Crippen LogP contribution is 2.31. The molecule has 3 rings (SSSR count). The van der Waals surface area contributed by atoms with Crippen LogP contribution >= 0.6 is 11.8 Å². The largest absolute Gasteiger partial charge is 0.416 e. The van der Waals surface area contributed by atoms with E-state index in [9.17, 15) is 21.6 Å². The molecule has 25 heavy (non-hydrogen) atoms. The van der Waals surface area contributed by atoms with Gasteiger partial charge in [-0.25, -0.2) is 8.42 Å². The number of alkyl halides is 3. The highest BCUT2D eigenvalue weighted by Gasteiger charge is 2.31. The summed E-state index contributed by atoms with van der Waals surface area (Å²) in [5.74, 6) is 0.911. The summed E-state index contributed by atoms with van der Waals surface area (Å²) in [6.07, 6.45) is -3.40. The molecule has 2 heterocycles. The lowest BCUT2D eigenvalue weighted by Crippen LogP contribution is -2.07. The Kier molecular flexibility index (Phi) is 5.10. The van der Waals surface area contributed by atoms with Gasteiger partial charge in [-0.2, -0.15) is 13.2 Å². The maximum Gasteiger partial charge on any atom is 0.416 e. The highest BCUT2D eigenvalue weighted by molar-refractivity contribution is 7.98. The Bertz CT molecular complexity index is 850. The van der Waals surface area contributed by atoms with Crippen LogP contribution in [0.4, 0.5) is 13.2 Å². The number of hydrogen-bond acceptors (Lipinski definition) is 6. The van der Waals surface area contributed by atoms with Crippen molar-refractivity contribution in [2.45, 2.75) is 30.0 Å². The first-order chi connectivity index (χ1) is 11.7. The van der Waals surface area contributed by atoms with E-state index >= 15 is 0 Å². The number of aromatic nitrogens is 2. The summed E-state index contributed by atoms with van der Waals surface area (Å²) < 4.78 is 66.4. The fraction of sp³-hybridized carbons (Fsp3) is 0.467. The van der Waals surface area contributed by atoms with Gasteiger partial charge in [0.25, 0.3) is 5.22 Å². The minimum atomic E-state index is -4.38. The molecule has 10 heteroatoms. The van der Waals surface area contributed by atoms with Crippen molar-refractivity contribution < 1.29 is 26.0 Å². The smallest absolute Gasteiger partial charge is 0.416 e. The standard InChI is InChI=1S/C15H15F3N2O3S2/c16-15(17,18)12-3-1-2-10(6-12)8-24-14-20-19-13(23-14)7-11-4-5-25(21,22)9-11/h1-3,6,11H,4-5,7-9H2. The molecule has 0 bridgehead atoms. The third-order valence-corrected chi connectivity index (χ3v) is 6.58. The van der Waals surface area contributed by atoms with Crippen LogP contribution in [0.2, 0.25) is 0 Å². The van der Waals surface area contributed by atoms with Gasteiger partial charge < -0.3 is 4.42 Å². The van der Waals surface area contributed by atoms with Crippen molar-refractivity contribution in [3.8, 4) is 0 Å². The predicted molar refractivity (Wildman–Crippen MR) is 85.8 cm³/mol. The summed E-state index contributed by atoms with van der Waals surface area (Å²) >= 11 is 1.15. The molecule has 0 N–H and O–H groups in total. The first-order valence-corrected chi connectivity index (χ1v) is 10.3. The summed E-state index contributed by atoms with van der Waals surface area (Å²) in [5.41, 5.74) is -0.194. The Morgan fingerprint density at radius 1 is 1.28 bits per heavy atom. The summed E-state index contributed by atoms with van der Waals surface area (Å²) in [6, 6.07) is 5.07. The predicted octanol–water partition coefficient (Wildman–Crippen LogP) is 3.36. The second-order valence-electron chi connectivity index (χ2n) is 5.92. The first kappa shape index (κ1) is 18.2. The molecule has 1 aliphatic rings. The first-order valence-electron chi connectivity index (χ1n) is 7.53. The molecule has 5 nitrogen and oxygen atoms in total. The minimum Gasteiger partial charge on any atom is -0.416 e. The number of hydrogen-bond donors (Lipinski definition) is 0. The fourth-order valence-corrected chi connectivity index (χ4v) is 5.23. The van der Waals surface area contributed by atoms with Gasteiger partial charge in [-0.05, 0) is 24.0 Å². The van der Waals surface area contributed by atoms with Crippen LogP contribution in [0, 0.1) is 5.92 Å². The van der Waals surface area contributed by atoms with Crippen LogP contribution < -0.4 is 0 Å². The monoisotopic (exact) mass is 392 g/mol. The van der Waals surface area contributed by atoms with Crippen LogP contribution in [-0.2, 0) is 28.2 Å². The molecule has 1 aromatic heterocycles. The fourth-order valence-electron chi connectivity index (χ4n) is 2.64. The molecular weight excluding hydrogens is 377 g/mol. The number of rotatable bonds is 5. The summed E-state index contributed by atoms with van der Waals surface area (Å²) in [7, 11) is -2.96. The molecule has 2 aromatic rings. The van der Waals surface area contributed by atoms with Crippen molar-refractivity contribution in [1.82, 2.24) is 10.2 Å². The van der Waals surface area contributed by atoms with Gasteiger partial charge in [-0.15, -0.1) is 10.2 Å². The molecule has 1 aromatic carbocycles. The topological polar surface area (TPSA) is 73.1 Å². The van der Waals surface area contributed by atoms with Crippen LogP contribution in [0.3, 0.4) is 0 Å². The number of halogens is 3. The van der Waals surface area contributed by atoms with Gasteiger partial charge in [0.05, 0.1) is 17.1 Å². The molecule has 0 aliphatic carbocycles. The van der Waals surface area contributed by atoms with E-state index in [1.807, 2.05) is 0 Å². The van der Waals surface area contributed by atoms with Crippen LogP contribution in [0.15, 0.2) is 33.9 Å². The minimum absolute atomic E-state index is 0.0215. The zero-order valence-corrected chi connectivity index (χ0v) is 14.6. The Balaban J connectivity index is 1.57. The average Bonchev–Trinajstić information content (AvgIpc) is 3.11. The quantitative estimate of drug-likeness (QED) is 0.727. The lowest BCUT2D eigenvalue weighted by atomic mass is 10.1. The zero-order valence-electron chi connectivity index (χ0n) is 13.0. The van der Waals surface area contributed by atoms with E-state index in [0.717, 1.165) is 23.9 Å². The Labute approximate surface area is 146 Å². The summed E-state index contributed by atoms with van der Waals surface area (Å²) in [6.45, 7) is 0. The van der Waals surface area contributed by atoms with Crippen molar-refractivity contribution in [3.05, 3.63) is 41.3 Å². The van der Waals surface area contributed by atoms with E-state index in [4.69, 9.17) is 4.42 Å². The van der Waals surface area contributed by atoms with Crippen molar-refractivity contribution >= 4 is 21.6 Å². The van der Waals surface area contributed by atoms with Gasteiger partial charge in [-0.1, -0.05) is 30.0 Å². The van der Waals surface area contributed by atoms with Crippen LogP contribution in [0.5, 0.6) is 0 Å². The molecule has 0 spiro atoms. The lowest BCUT2D eigenvalue weighted by molar-refractivity contribution is -0.137. The second-order valence-corrected chi connectivity index (χ2v) is 9.08. The molecule has 0 saturated carbocycles. The van der Waals surface area contributed by atoms with E-state index in [0.29, 0.717) is 24.3 Å². The van der Waals surface area contributed by atoms with Crippen LogP contribution in [0.25, 0.3) is 0 Å². The number of thioether (sulfide) groups is 1. The average molecular weight is 392 g/mol. The zero-order chi connectivity index (χ0) is 18.1. The molecule has 136 valence electrons. The van der Waals surface area contributed by atoms with E-state index in [1.54, 1.807) is 6.07 Å². The van der Waals surface area contributed by atoms with Gasteiger partial charge >= 0.3 is 6.18 Å². The Hall–Kier alpha value is -1.55. The number of nitrogens with zero attached hydrogens (tertiary/aromatic N) is 2. The van der Waals surface area contributed by atoms with Gasteiger partial charge in [0.1, 0.15) is 0 Å².